The van der Waals surface area contributed by atoms with E-state index in [4.69, 9.17) is 4.74 Å². The highest BCUT2D eigenvalue weighted by molar-refractivity contribution is 6.35. The van der Waals surface area contributed by atoms with Crippen molar-refractivity contribution in [3.8, 4) is 0 Å². The predicted molar refractivity (Wildman–Crippen MR) is 87.9 cm³/mol. The van der Waals surface area contributed by atoms with Gasteiger partial charge < -0.3 is 15.4 Å². The Hall–Kier alpha value is -1.92. The summed E-state index contributed by atoms with van der Waals surface area (Å²) < 4.78 is 5.28. The van der Waals surface area contributed by atoms with Gasteiger partial charge in [-0.25, -0.2) is 0 Å². The third kappa shape index (κ3) is 6.00. The van der Waals surface area contributed by atoms with E-state index in [0.29, 0.717) is 6.54 Å². The van der Waals surface area contributed by atoms with Crippen LogP contribution >= 0.6 is 0 Å². The van der Waals surface area contributed by atoms with Crippen LogP contribution in [0.5, 0.6) is 0 Å². The second-order valence-corrected chi connectivity index (χ2v) is 5.67. The Morgan fingerprint density at radius 3 is 2.57 bits per heavy atom. The average molecular weight is 319 g/mol. The Balaban J connectivity index is 1.63. The summed E-state index contributed by atoms with van der Waals surface area (Å²) in [6.07, 6.45) is 0.827. The molecule has 1 atom stereocenters. The number of carbonyl (C=O) groups is 2. The van der Waals surface area contributed by atoms with E-state index in [1.54, 1.807) is 0 Å². The number of carbonyl (C=O) groups excluding carboxylic acids is 2. The fourth-order valence-corrected chi connectivity index (χ4v) is 2.50. The molecular weight excluding hydrogens is 294 g/mol. The predicted octanol–water partition coefficient (Wildman–Crippen LogP) is 0.702. The summed E-state index contributed by atoms with van der Waals surface area (Å²) >= 11 is 0. The van der Waals surface area contributed by atoms with Gasteiger partial charge in [0.15, 0.2) is 0 Å². The first-order valence-corrected chi connectivity index (χ1v) is 8.10. The number of ether oxygens (including phenoxy) is 1. The zero-order chi connectivity index (χ0) is 16.5. The molecule has 0 radical (unpaired) electrons. The highest BCUT2D eigenvalue weighted by atomic mass is 16.5. The molecule has 23 heavy (non-hydrogen) atoms. The lowest BCUT2D eigenvalue weighted by Gasteiger charge is -2.26. The topological polar surface area (TPSA) is 70.7 Å². The Bertz CT molecular complexity index is 501. The van der Waals surface area contributed by atoms with Crippen LogP contribution in [0.15, 0.2) is 30.3 Å². The molecule has 0 spiro atoms. The van der Waals surface area contributed by atoms with Crippen molar-refractivity contribution in [2.45, 2.75) is 19.4 Å². The van der Waals surface area contributed by atoms with Crippen LogP contribution in [0.3, 0.4) is 0 Å². The maximum Gasteiger partial charge on any atom is 0.309 e. The molecule has 6 nitrogen and oxygen atoms in total. The lowest BCUT2D eigenvalue weighted by Crippen LogP contribution is -2.42. The molecule has 6 heteroatoms. The zero-order valence-electron chi connectivity index (χ0n) is 13.6. The molecule has 1 aliphatic heterocycles. The first kappa shape index (κ1) is 17.4. The molecule has 0 unspecified atom stereocenters. The SMILES string of the molecule is C[C@H](NC(=O)C(=O)NCCCN1CCOCC1)c1ccccc1. The van der Waals surface area contributed by atoms with Crippen molar-refractivity contribution in [2.75, 3.05) is 39.4 Å². The number of hydrogen-bond donors (Lipinski definition) is 2. The maximum atomic E-state index is 11.9. The number of amides is 2. The number of nitrogens with one attached hydrogen (secondary N) is 2. The van der Waals surface area contributed by atoms with E-state index in [1.807, 2.05) is 37.3 Å². The van der Waals surface area contributed by atoms with Crippen LogP contribution in [-0.4, -0.2) is 56.1 Å². The summed E-state index contributed by atoms with van der Waals surface area (Å²) in [5.41, 5.74) is 0.973. The van der Waals surface area contributed by atoms with Crippen LogP contribution in [0, 0.1) is 0 Å². The number of benzene rings is 1. The van der Waals surface area contributed by atoms with E-state index in [1.165, 1.54) is 0 Å². The third-order valence-electron chi connectivity index (χ3n) is 3.89. The maximum absolute atomic E-state index is 11.9. The van der Waals surface area contributed by atoms with Gasteiger partial charge >= 0.3 is 11.8 Å². The van der Waals surface area contributed by atoms with E-state index in [9.17, 15) is 9.59 Å². The molecule has 0 aliphatic carbocycles. The largest absolute Gasteiger partial charge is 0.379 e. The molecule has 1 saturated heterocycles. The summed E-state index contributed by atoms with van der Waals surface area (Å²) in [7, 11) is 0. The Morgan fingerprint density at radius 1 is 1.17 bits per heavy atom. The molecule has 1 heterocycles. The highest BCUT2D eigenvalue weighted by Crippen LogP contribution is 2.10. The molecule has 1 fully saturated rings. The Kier molecular flexibility index (Phi) is 7.03. The van der Waals surface area contributed by atoms with E-state index in [2.05, 4.69) is 15.5 Å². The minimum absolute atomic E-state index is 0.192. The van der Waals surface area contributed by atoms with Crippen molar-refractivity contribution in [3.63, 3.8) is 0 Å². The summed E-state index contributed by atoms with van der Waals surface area (Å²) in [4.78, 5) is 26.0. The van der Waals surface area contributed by atoms with E-state index < -0.39 is 11.8 Å². The molecule has 126 valence electrons. The number of nitrogens with zero attached hydrogens (tertiary/aromatic N) is 1. The van der Waals surface area contributed by atoms with Crippen LogP contribution in [0.1, 0.15) is 24.9 Å². The van der Waals surface area contributed by atoms with Crippen molar-refractivity contribution in [1.82, 2.24) is 15.5 Å². The lowest BCUT2D eigenvalue weighted by atomic mass is 10.1. The van der Waals surface area contributed by atoms with Gasteiger partial charge in [0.2, 0.25) is 0 Å². The van der Waals surface area contributed by atoms with Gasteiger partial charge in [-0.3, -0.25) is 14.5 Å². The fourth-order valence-electron chi connectivity index (χ4n) is 2.50. The van der Waals surface area contributed by atoms with Crippen molar-refractivity contribution in [1.29, 1.82) is 0 Å². The zero-order valence-corrected chi connectivity index (χ0v) is 13.6. The van der Waals surface area contributed by atoms with Crippen LogP contribution in [-0.2, 0) is 14.3 Å². The standard InChI is InChI=1S/C17H25N3O3/c1-14(15-6-3-2-4-7-15)19-17(22)16(21)18-8-5-9-20-10-12-23-13-11-20/h2-4,6-7,14H,5,8-13H2,1H3,(H,18,21)(H,19,22)/t14-/m0/s1. The molecule has 1 aromatic rings. The fraction of sp³-hybridized carbons (Fsp3) is 0.529. The molecule has 1 aliphatic rings. The van der Waals surface area contributed by atoms with Crippen LogP contribution in [0.25, 0.3) is 0 Å². The summed E-state index contributed by atoms with van der Waals surface area (Å²) in [5.74, 6) is -1.16. The first-order chi connectivity index (χ1) is 11.2. The summed E-state index contributed by atoms with van der Waals surface area (Å²) in [5, 5.41) is 5.38. The molecule has 0 aromatic heterocycles. The van der Waals surface area contributed by atoms with Gasteiger partial charge in [0.1, 0.15) is 0 Å². The molecule has 0 bridgehead atoms. The van der Waals surface area contributed by atoms with E-state index >= 15 is 0 Å². The van der Waals surface area contributed by atoms with Crippen molar-refractivity contribution >= 4 is 11.8 Å². The minimum atomic E-state index is -0.590. The summed E-state index contributed by atoms with van der Waals surface area (Å²) in [6.45, 7) is 6.68. The second-order valence-electron chi connectivity index (χ2n) is 5.67. The second kappa shape index (κ2) is 9.27. The average Bonchev–Trinajstić information content (AvgIpc) is 2.60. The van der Waals surface area contributed by atoms with Gasteiger partial charge in [-0.2, -0.15) is 0 Å². The lowest BCUT2D eigenvalue weighted by molar-refractivity contribution is -0.139. The molecule has 2 N–H and O–H groups in total. The molecule has 2 rings (SSSR count). The van der Waals surface area contributed by atoms with Crippen LogP contribution in [0.2, 0.25) is 0 Å². The molecular formula is C17H25N3O3. The molecule has 1 aromatic carbocycles. The van der Waals surface area contributed by atoms with Gasteiger partial charge in [-0.1, -0.05) is 30.3 Å². The van der Waals surface area contributed by atoms with Gasteiger partial charge in [0.05, 0.1) is 19.3 Å². The highest BCUT2D eigenvalue weighted by Gasteiger charge is 2.16. The van der Waals surface area contributed by atoms with Crippen LogP contribution < -0.4 is 10.6 Å². The van der Waals surface area contributed by atoms with Gasteiger partial charge in [0, 0.05) is 19.6 Å². The Labute approximate surface area is 137 Å². The normalized spacial score (nSPS) is 16.6. The van der Waals surface area contributed by atoms with E-state index in [0.717, 1.165) is 44.8 Å². The van der Waals surface area contributed by atoms with Gasteiger partial charge in [-0.15, -0.1) is 0 Å². The third-order valence-corrected chi connectivity index (χ3v) is 3.89. The minimum Gasteiger partial charge on any atom is -0.379 e. The number of hydrogen-bond acceptors (Lipinski definition) is 4. The monoisotopic (exact) mass is 319 g/mol. The van der Waals surface area contributed by atoms with E-state index in [-0.39, 0.29) is 6.04 Å². The number of morpholine rings is 1. The first-order valence-electron chi connectivity index (χ1n) is 8.10. The van der Waals surface area contributed by atoms with Gasteiger partial charge in [-0.05, 0) is 25.5 Å². The van der Waals surface area contributed by atoms with Crippen molar-refractivity contribution in [3.05, 3.63) is 35.9 Å². The molecule has 2 amide bonds. The van der Waals surface area contributed by atoms with Crippen molar-refractivity contribution < 1.29 is 14.3 Å². The Morgan fingerprint density at radius 2 is 1.87 bits per heavy atom. The smallest absolute Gasteiger partial charge is 0.309 e. The quantitative estimate of drug-likeness (QED) is 0.598. The summed E-state index contributed by atoms with van der Waals surface area (Å²) in [6, 6.07) is 9.38. The van der Waals surface area contributed by atoms with Crippen molar-refractivity contribution in [2.24, 2.45) is 0 Å². The molecule has 0 saturated carbocycles. The van der Waals surface area contributed by atoms with Crippen LogP contribution in [0.4, 0.5) is 0 Å². The van der Waals surface area contributed by atoms with Gasteiger partial charge in [0.25, 0.3) is 0 Å². The number of rotatable bonds is 6.